The van der Waals surface area contributed by atoms with E-state index < -0.39 is 10.0 Å². The molecule has 0 saturated carbocycles. The Morgan fingerprint density at radius 3 is 2.38 bits per heavy atom. The molecular weight excluding hydrogens is 226 g/mol. The highest BCUT2D eigenvalue weighted by Crippen LogP contribution is 2.23. The maximum absolute atomic E-state index is 11.0. The van der Waals surface area contributed by atoms with Crippen LogP contribution in [0.2, 0.25) is 0 Å². The summed E-state index contributed by atoms with van der Waals surface area (Å²) in [6.07, 6.45) is 1.15. The third-order valence-corrected chi connectivity index (χ3v) is 3.26. The van der Waals surface area contributed by atoms with Crippen LogP contribution in [0.25, 0.3) is 0 Å². The number of methoxy groups -OCH3 is 1. The second kappa shape index (κ2) is 4.84. The van der Waals surface area contributed by atoms with Gasteiger partial charge in [0.15, 0.2) is 0 Å². The molecule has 1 aromatic rings. The number of sulfonamides is 1. The minimum atomic E-state index is -3.15. The van der Waals surface area contributed by atoms with Crippen molar-refractivity contribution in [3.8, 4) is 5.75 Å². The fourth-order valence-corrected chi connectivity index (χ4v) is 1.89. The van der Waals surface area contributed by atoms with Crippen molar-refractivity contribution in [3.63, 3.8) is 0 Å². The lowest BCUT2D eigenvalue weighted by Gasteiger charge is -2.12. The molecule has 0 aromatic heterocycles. The first-order valence-corrected chi connectivity index (χ1v) is 6.82. The highest BCUT2D eigenvalue weighted by molar-refractivity contribution is 7.88. The first-order valence-electron chi connectivity index (χ1n) is 4.93. The van der Waals surface area contributed by atoms with Gasteiger partial charge in [0, 0.05) is 6.54 Å². The van der Waals surface area contributed by atoms with Crippen molar-refractivity contribution in [1.82, 2.24) is 4.72 Å². The average Bonchev–Trinajstić information content (AvgIpc) is 2.19. The van der Waals surface area contributed by atoms with Crippen molar-refractivity contribution in [2.24, 2.45) is 0 Å². The van der Waals surface area contributed by atoms with E-state index in [1.54, 1.807) is 7.11 Å². The van der Waals surface area contributed by atoms with E-state index >= 15 is 0 Å². The molecule has 0 spiro atoms. The van der Waals surface area contributed by atoms with Crippen LogP contribution >= 0.6 is 0 Å². The fourth-order valence-electron chi connectivity index (χ4n) is 1.47. The van der Waals surface area contributed by atoms with Gasteiger partial charge < -0.3 is 4.74 Å². The molecule has 0 aliphatic heterocycles. The quantitative estimate of drug-likeness (QED) is 0.868. The van der Waals surface area contributed by atoms with Gasteiger partial charge >= 0.3 is 0 Å². The second-order valence-electron chi connectivity index (χ2n) is 3.77. The predicted octanol–water partition coefficient (Wildman–Crippen LogP) is 1.36. The summed E-state index contributed by atoms with van der Waals surface area (Å²) in [5.74, 6) is 0.820. The standard InChI is InChI=1S/C11H17NO3S/c1-8-9(2)11(15-3)6-5-10(8)7-12-16(4,13)14/h5-6,12H,7H2,1-4H3. The summed E-state index contributed by atoms with van der Waals surface area (Å²) in [5, 5.41) is 0. The molecule has 5 heteroatoms. The van der Waals surface area contributed by atoms with Crippen LogP contribution in [0.3, 0.4) is 0 Å². The van der Waals surface area contributed by atoms with Crippen LogP contribution in [-0.2, 0) is 16.6 Å². The van der Waals surface area contributed by atoms with E-state index in [-0.39, 0.29) is 0 Å². The van der Waals surface area contributed by atoms with Gasteiger partial charge in [0.25, 0.3) is 0 Å². The van der Waals surface area contributed by atoms with E-state index in [1.807, 2.05) is 26.0 Å². The molecule has 16 heavy (non-hydrogen) atoms. The van der Waals surface area contributed by atoms with Crippen LogP contribution in [0.1, 0.15) is 16.7 Å². The summed E-state index contributed by atoms with van der Waals surface area (Å²) in [5.41, 5.74) is 3.05. The minimum Gasteiger partial charge on any atom is -0.496 e. The van der Waals surface area contributed by atoms with Crippen LogP contribution in [0, 0.1) is 13.8 Å². The maximum Gasteiger partial charge on any atom is 0.209 e. The Morgan fingerprint density at radius 1 is 1.25 bits per heavy atom. The summed E-state index contributed by atoms with van der Waals surface area (Å²) in [6.45, 7) is 4.23. The number of nitrogens with one attached hydrogen (secondary N) is 1. The highest BCUT2D eigenvalue weighted by atomic mass is 32.2. The molecule has 0 aliphatic rings. The van der Waals surface area contributed by atoms with E-state index in [9.17, 15) is 8.42 Å². The van der Waals surface area contributed by atoms with Crippen molar-refractivity contribution in [1.29, 1.82) is 0 Å². The highest BCUT2D eigenvalue weighted by Gasteiger charge is 2.08. The topological polar surface area (TPSA) is 55.4 Å². The van der Waals surface area contributed by atoms with Crippen LogP contribution in [0.15, 0.2) is 12.1 Å². The third-order valence-electron chi connectivity index (χ3n) is 2.59. The summed E-state index contributed by atoms with van der Waals surface area (Å²) in [4.78, 5) is 0. The third kappa shape index (κ3) is 3.21. The summed E-state index contributed by atoms with van der Waals surface area (Å²) < 4.78 is 29.6. The Bertz CT molecular complexity index is 480. The van der Waals surface area contributed by atoms with E-state index in [1.165, 1.54) is 0 Å². The molecule has 0 amide bonds. The molecule has 0 saturated heterocycles. The number of hydrogen-bond donors (Lipinski definition) is 1. The van der Waals surface area contributed by atoms with Crippen LogP contribution in [0.4, 0.5) is 0 Å². The second-order valence-corrected chi connectivity index (χ2v) is 5.60. The molecule has 0 heterocycles. The first kappa shape index (κ1) is 13.0. The van der Waals surface area contributed by atoms with Gasteiger partial charge in [-0.15, -0.1) is 0 Å². The van der Waals surface area contributed by atoms with Crippen molar-refractivity contribution in [2.45, 2.75) is 20.4 Å². The largest absolute Gasteiger partial charge is 0.496 e. The van der Waals surface area contributed by atoms with E-state index in [2.05, 4.69) is 4.72 Å². The molecule has 0 aliphatic carbocycles. The zero-order valence-electron chi connectivity index (χ0n) is 9.99. The predicted molar refractivity (Wildman–Crippen MR) is 64.2 cm³/mol. The Labute approximate surface area is 96.7 Å². The molecular formula is C11H17NO3S. The van der Waals surface area contributed by atoms with E-state index in [0.29, 0.717) is 6.54 Å². The Hall–Kier alpha value is -1.07. The SMILES string of the molecule is COc1ccc(CNS(C)(=O)=O)c(C)c1C. The Morgan fingerprint density at radius 2 is 1.88 bits per heavy atom. The van der Waals surface area contributed by atoms with Crippen LogP contribution < -0.4 is 9.46 Å². The maximum atomic E-state index is 11.0. The van der Waals surface area contributed by atoms with Gasteiger partial charge in [-0.1, -0.05) is 6.07 Å². The summed E-state index contributed by atoms with van der Waals surface area (Å²) in [7, 11) is -1.53. The monoisotopic (exact) mass is 243 g/mol. The normalized spacial score (nSPS) is 11.5. The molecule has 90 valence electrons. The summed E-state index contributed by atoms with van der Waals surface area (Å²) in [6, 6.07) is 3.72. The van der Waals surface area contributed by atoms with Gasteiger partial charge in [-0.3, -0.25) is 0 Å². The lowest BCUT2D eigenvalue weighted by atomic mass is 10.0. The lowest BCUT2D eigenvalue weighted by molar-refractivity contribution is 0.411. The van der Waals surface area contributed by atoms with Crippen molar-refractivity contribution < 1.29 is 13.2 Å². The first-order chi connectivity index (χ1) is 7.35. The molecule has 1 aromatic carbocycles. The molecule has 0 radical (unpaired) electrons. The van der Waals surface area contributed by atoms with Crippen molar-refractivity contribution in [2.75, 3.05) is 13.4 Å². The average molecular weight is 243 g/mol. The zero-order chi connectivity index (χ0) is 12.3. The van der Waals surface area contributed by atoms with Gasteiger partial charge in [0.05, 0.1) is 13.4 Å². The van der Waals surface area contributed by atoms with Gasteiger partial charge in [-0.05, 0) is 36.6 Å². The van der Waals surface area contributed by atoms with Gasteiger partial charge in [0.2, 0.25) is 10.0 Å². The Balaban J connectivity index is 2.95. The van der Waals surface area contributed by atoms with E-state index in [0.717, 1.165) is 28.7 Å². The molecule has 4 nitrogen and oxygen atoms in total. The number of ether oxygens (including phenoxy) is 1. The lowest BCUT2D eigenvalue weighted by Crippen LogP contribution is -2.21. The van der Waals surface area contributed by atoms with Gasteiger partial charge in [-0.25, -0.2) is 13.1 Å². The van der Waals surface area contributed by atoms with Crippen LogP contribution in [0.5, 0.6) is 5.75 Å². The molecule has 1 N–H and O–H groups in total. The molecule has 0 atom stereocenters. The number of rotatable bonds is 4. The van der Waals surface area contributed by atoms with Gasteiger partial charge in [-0.2, -0.15) is 0 Å². The van der Waals surface area contributed by atoms with Crippen LogP contribution in [-0.4, -0.2) is 21.8 Å². The number of benzene rings is 1. The minimum absolute atomic E-state index is 0.315. The zero-order valence-corrected chi connectivity index (χ0v) is 10.8. The molecule has 0 fully saturated rings. The van der Waals surface area contributed by atoms with Gasteiger partial charge in [0.1, 0.15) is 5.75 Å². The Kier molecular flexibility index (Phi) is 3.93. The van der Waals surface area contributed by atoms with Crippen molar-refractivity contribution >= 4 is 10.0 Å². The number of hydrogen-bond acceptors (Lipinski definition) is 3. The molecule has 0 bridgehead atoms. The molecule has 1 rings (SSSR count). The fraction of sp³-hybridized carbons (Fsp3) is 0.455. The smallest absolute Gasteiger partial charge is 0.209 e. The molecule has 0 unspecified atom stereocenters. The summed E-state index contributed by atoms with van der Waals surface area (Å²) >= 11 is 0. The van der Waals surface area contributed by atoms with E-state index in [4.69, 9.17) is 4.74 Å². The van der Waals surface area contributed by atoms with Crippen molar-refractivity contribution in [3.05, 3.63) is 28.8 Å².